The fourth-order valence-corrected chi connectivity index (χ4v) is 3.41. The molecule has 1 aromatic heterocycles. The van der Waals surface area contributed by atoms with Crippen molar-refractivity contribution in [2.45, 2.75) is 44.9 Å². The van der Waals surface area contributed by atoms with Crippen molar-refractivity contribution >= 4 is 5.96 Å². The highest BCUT2D eigenvalue weighted by Crippen LogP contribution is 2.21. The van der Waals surface area contributed by atoms with Gasteiger partial charge in [0.05, 0.1) is 12.7 Å². The Kier molecular flexibility index (Phi) is 7.42. The van der Waals surface area contributed by atoms with Gasteiger partial charge in [0.15, 0.2) is 11.8 Å². The maximum atomic E-state index is 5.97. The molecule has 3 rings (SSSR count). The predicted molar refractivity (Wildman–Crippen MR) is 102 cm³/mol. The highest BCUT2D eigenvalue weighted by Gasteiger charge is 2.32. The number of hydrogen-bond donors (Lipinski definition) is 1. The summed E-state index contributed by atoms with van der Waals surface area (Å²) in [5.74, 6) is 2.63. The largest absolute Gasteiger partial charge is 0.385 e. The summed E-state index contributed by atoms with van der Waals surface area (Å²) in [6, 6.07) is 0. The van der Waals surface area contributed by atoms with Crippen LogP contribution in [-0.4, -0.2) is 84.4 Å². The number of aromatic nitrogens is 3. The average Bonchev–Trinajstić information content (AvgIpc) is 3.33. The lowest BCUT2D eigenvalue weighted by molar-refractivity contribution is -0.0817. The minimum absolute atomic E-state index is 0.101. The van der Waals surface area contributed by atoms with Gasteiger partial charge in [0.25, 0.3) is 0 Å². The predicted octanol–water partition coefficient (Wildman–Crippen LogP) is 0.485. The van der Waals surface area contributed by atoms with E-state index in [-0.39, 0.29) is 12.2 Å². The zero-order valence-corrected chi connectivity index (χ0v) is 16.7. The molecule has 2 aliphatic rings. The molecule has 3 heterocycles. The molecule has 9 heteroatoms. The molecule has 27 heavy (non-hydrogen) atoms. The first-order valence-corrected chi connectivity index (χ1v) is 9.79. The monoisotopic (exact) mass is 380 g/mol. The quantitative estimate of drug-likeness (QED) is 0.418. The minimum atomic E-state index is 0.101. The summed E-state index contributed by atoms with van der Waals surface area (Å²) in [6.07, 6.45) is 3.42. The van der Waals surface area contributed by atoms with Crippen molar-refractivity contribution in [3.63, 3.8) is 0 Å². The van der Waals surface area contributed by atoms with E-state index in [1.165, 1.54) is 0 Å². The van der Waals surface area contributed by atoms with E-state index < -0.39 is 0 Å². The molecule has 0 aromatic carbocycles. The second-order valence-electron chi connectivity index (χ2n) is 7.04. The number of morpholine rings is 1. The molecule has 152 valence electrons. The van der Waals surface area contributed by atoms with Crippen molar-refractivity contribution in [3.05, 3.63) is 11.6 Å². The molecule has 1 N–H and O–H groups in total. The third-order valence-electron chi connectivity index (χ3n) is 5.13. The third-order valence-corrected chi connectivity index (χ3v) is 5.13. The number of methoxy groups -OCH3 is 1. The molecule has 2 unspecified atom stereocenters. The smallest absolute Gasteiger partial charge is 0.194 e. The summed E-state index contributed by atoms with van der Waals surface area (Å²) in [5, 5.41) is 11.8. The van der Waals surface area contributed by atoms with Gasteiger partial charge in [-0.15, -0.1) is 10.2 Å². The molecule has 0 radical (unpaired) electrons. The van der Waals surface area contributed by atoms with Gasteiger partial charge in [-0.25, -0.2) is 4.99 Å². The Morgan fingerprint density at radius 2 is 2.15 bits per heavy atom. The fraction of sp³-hybridized carbons (Fsp3) is 0.833. The van der Waals surface area contributed by atoms with E-state index in [0.717, 1.165) is 69.7 Å². The van der Waals surface area contributed by atoms with Crippen LogP contribution < -0.4 is 5.32 Å². The van der Waals surface area contributed by atoms with Gasteiger partial charge in [-0.1, -0.05) is 0 Å². The second kappa shape index (κ2) is 10.0. The van der Waals surface area contributed by atoms with Crippen LogP contribution in [0.15, 0.2) is 4.99 Å². The Bertz CT molecular complexity index is 614. The second-order valence-corrected chi connectivity index (χ2v) is 7.04. The van der Waals surface area contributed by atoms with Crippen LogP contribution in [0.1, 0.15) is 30.9 Å². The summed E-state index contributed by atoms with van der Waals surface area (Å²) in [6.45, 7) is 7.11. The number of rotatable bonds is 7. The van der Waals surface area contributed by atoms with Crippen LogP contribution in [0.3, 0.4) is 0 Å². The number of nitrogens with one attached hydrogen (secondary N) is 1. The van der Waals surface area contributed by atoms with Crippen molar-refractivity contribution < 1.29 is 14.2 Å². The maximum absolute atomic E-state index is 5.97. The van der Waals surface area contributed by atoms with Crippen LogP contribution in [0, 0.1) is 6.92 Å². The van der Waals surface area contributed by atoms with Crippen molar-refractivity contribution in [3.8, 4) is 0 Å². The molecule has 2 saturated heterocycles. The van der Waals surface area contributed by atoms with Gasteiger partial charge in [-0.3, -0.25) is 0 Å². The molecule has 2 fully saturated rings. The zero-order valence-electron chi connectivity index (χ0n) is 16.7. The zero-order chi connectivity index (χ0) is 19.1. The Morgan fingerprint density at radius 3 is 2.85 bits per heavy atom. The molecular weight excluding hydrogens is 348 g/mol. The number of aryl methyl sites for hydroxylation is 1. The molecule has 1 aromatic rings. The van der Waals surface area contributed by atoms with Gasteiger partial charge >= 0.3 is 0 Å². The van der Waals surface area contributed by atoms with E-state index in [9.17, 15) is 0 Å². The Balaban J connectivity index is 1.65. The summed E-state index contributed by atoms with van der Waals surface area (Å²) in [5.41, 5.74) is 0. The van der Waals surface area contributed by atoms with E-state index in [1.807, 2.05) is 18.5 Å². The van der Waals surface area contributed by atoms with Gasteiger partial charge in [-0.05, 0) is 26.2 Å². The van der Waals surface area contributed by atoms with Gasteiger partial charge in [0, 0.05) is 47.0 Å². The van der Waals surface area contributed by atoms with E-state index >= 15 is 0 Å². The summed E-state index contributed by atoms with van der Waals surface area (Å²) >= 11 is 0. The standard InChI is InChI=1S/C18H32N6O3/c1-14-21-22-17(23(14)2)12-20-18(19-7-5-9-25-3)24-8-11-27-16(13-24)15-6-4-10-26-15/h15-16H,4-13H2,1-3H3,(H,19,20). The maximum Gasteiger partial charge on any atom is 0.194 e. The summed E-state index contributed by atoms with van der Waals surface area (Å²) in [4.78, 5) is 7.09. The molecule has 9 nitrogen and oxygen atoms in total. The third kappa shape index (κ3) is 5.40. The van der Waals surface area contributed by atoms with E-state index in [4.69, 9.17) is 19.2 Å². The number of guanidine groups is 1. The highest BCUT2D eigenvalue weighted by atomic mass is 16.5. The molecule has 0 aliphatic carbocycles. The minimum Gasteiger partial charge on any atom is -0.385 e. The molecule has 2 aliphatic heterocycles. The van der Waals surface area contributed by atoms with E-state index in [1.54, 1.807) is 7.11 Å². The van der Waals surface area contributed by atoms with Crippen molar-refractivity contribution in [1.82, 2.24) is 25.0 Å². The average molecular weight is 380 g/mol. The van der Waals surface area contributed by atoms with Crippen molar-refractivity contribution in [2.75, 3.05) is 46.6 Å². The van der Waals surface area contributed by atoms with Crippen LogP contribution in [-0.2, 0) is 27.8 Å². The van der Waals surface area contributed by atoms with Crippen LogP contribution in [0.5, 0.6) is 0 Å². The Hall–Kier alpha value is -1.71. The topological polar surface area (TPSA) is 86.0 Å². The molecule has 0 bridgehead atoms. The van der Waals surface area contributed by atoms with Crippen LogP contribution in [0.25, 0.3) is 0 Å². The van der Waals surface area contributed by atoms with Gasteiger partial charge in [-0.2, -0.15) is 0 Å². The fourth-order valence-electron chi connectivity index (χ4n) is 3.41. The SMILES string of the molecule is COCCCNC(=NCc1nnc(C)n1C)N1CCOC(C2CCCO2)C1. The molecule has 0 amide bonds. The Labute approximate surface area is 161 Å². The summed E-state index contributed by atoms with van der Waals surface area (Å²) in [7, 11) is 3.69. The first-order valence-electron chi connectivity index (χ1n) is 9.79. The van der Waals surface area contributed by atoms with Gasteiger partial charge in [0.1, 0.15) is 18.5 Å². The van der Waals surface area contributed by atoms with E-state index in [0.29, 0.717) is 13.2 Å². The first kappa shape index (κ1) is 20.0. The summed E-state index contributed by atoms with van der Waals surface area (Å²) < 4.78 is 18.9. The van der Waals surface area contributed by atoms with Crippen LogP contribution in [0.4, 0.5) is 0 Å². The molecule has 2 atom stereocenters. The lowest BCUT2D eigenvalue weighted by Gasteiger charge is -2.37. The van der Waals surface area contributed by atoms with E-state index in [2.05, 4.69) is 20.4 Å². The Morgan fingerprint density at radius 1 is 1.30 bits per heavy atom. The van der Waals surface area contributed by atoms with Gasteiger partial charge < -0.3 is 29.0 Å². The number of aliphatic imine (C=N–C) groups is 1. The van der Waals surface area contributed by atoms with Crippen LogP contribution in [0.2, 0.25) is 0 Å². The lowest BCUT2D eigenvalue weighted by Crippen LogP contribution is -2.53. The molecule has 0 spiro atoms. The number of ether oxygens (including phenoxy) is 3. The molecular formula is C18H32N6O3. The first-order chi connectivity index (χ1) is 13.2. The van der Waals surface area contributed by atoms with Crippen molar-refractivity contribution in [1.29, 1.82) is 0 Å². The normalized spacial score (nSPS) is 23.8. The van der Waals surface area contributed by atoms with Gasteiger partial charge in [0.2, 0.25) is 0 Å². The highest BCUT2D eigenvalue weighted by molar-refractivity contribution is 5.80. The van der Waals surface area contributed by atoms with Crippen molar-refractivity contribution in [2.24, 2.45) is 12.0 Å². The van der Waals surface area contributed by atoms with Crippen LogP contribution >= 0.6 is 0 Å². The number of nitrogens with zero attached hydrogens (tertiary/aromatic N) is 5. The molecule has 0 saturated carbocycles. The lowest BCUT2D eigenvalue weighted by atomic mass is 10.1. The number of hydrogen-bond acceptors (Lipinski definition) is 6.